The van der Waals surface area contributed by atoms with Gasteiger partial charge < -0.3 is 15.0 Å². The predicted octanol–water partition coefficient (Wildman–Crippen LogP) is 3.44. The second-order valence-electron chi connectivity index (χ2n) is 8.97. The van der Waals surface area contributed by atoms with Gasteiger partial charge in [0.2, 0.25) is 5.91 Å². The number of aliphatic hydroxyl groups is 1. The van der Waals surface area contributed by atoms with Crippen LogP contribution >= 0.6 is 0 Å². The molecule has 1 aromatic carbocycles. The summed E-state index contributed by atoms with van der Waals surface area (Å²) in [6.07, 6.45) is 6.89. The first-order valence-electron chi connectivity index (χ1n) is 10.0. The van der Waals surface area contributed by atoms with E-state index in [0.29, 0.717) is 17.9 Å². The number of nitrogens with one attached hydrogen (secondary N) is 1. The minimum absolute atomic E-state index is 0.0426. The van der Waals surface area contributed by atoms with Gasteiger partial charge in [-0.25, -0.2) is 0 Å². The van der Waals surface area contributed by atoms with Gasteiger partial charge in [-0.3, -0.25) is 4.79 Å². The minimum atomic E-state index is -0.530. The molecule has 3 unspecified atom stereocenters. The Labute approximate surface area is 159 Å². The smallest absolute Gasteiger partial charge is 0.223 e. The normalized spacial score (nSPS) is 32.6. The fraction of sp³-hybridized carbons (Fsp3) is 0.545. The molecule has 140 valence electrons. The van der Waals surface area contributed by atoms with Gasteiger partial charge >= 0.3 is 0 Å². The van der Waals surface area contributed by atoms with Crippen molar-refractivity contribution in [3.05, 3.63) is 35.5 Å². The molecule has 4 aliphatic rings. The quantitative estimate of drug-likeness (QED) is 0.877. The van der Waals surface area contributed by atoms with Crippen LogP contribution < -0.4 is 0 Å². The summed E-state index contributed by atoms with van der Waals surface area (Å²) in [5, 5.41) is 21.1. The molecule has 27 heavy (non-hydrogen) atoms. The molecular formula is C22H25N3O2. The van der Waals surface area contributed by atoms with Crippen LogP contribution in [-0.2, 0) is 4.79 Å². The molecule has 3 atom stereocenters. The molecule has 2 aliphatic heterocycles. The highest BCUT2D eigenvalue weighted by molar-refractivity contribution is 5.90. The average molecular weight is 363 g/mol. The van der Waals surface area contributed by atoms with Crippen molar-refractivity contribution in [3.8, 4) is 6.07 Å². The summed E-state index contributed by atoms with van der Waals surface area (Å²) in [5.74, 6) is 0.825. The van der Waals surface area contributed by atoms with E-state index in [0.717, 1.165) is 48.6 Å². The number of aromatic nitrogens is 1. The Kier molecular flexibility index (Phi) is 3.64. The van der Waals surface area contributed by atoms with Crippen molar-refractivity contribution in [1.82, 2.24) is 9.88 Å². The summed E-state index contributed by atoms with van der Waals surface area (Å²) < 4.78 is 0. The van der Waals surface area contributed by atoms with Gasteiger partial charge in [-0.05, 0) is 61.6 Å². The van der Waals surface area contributed by atoms with E-state index in [-0.39, 0.29) is 23.9 Å². The van der Waals surface area contributed by atoms with E-state index in [2.05, 4.69) is 22.9 Å². The number of amides is 1. The van der Waals surface area contributed by atoms with Crippen LogP contribution in [0.5, 0.6) is 0 Å². The number of H-pyrrole nitrogens is 1. The SMILES string of the molecule is CC(CC(=O)N1C2CC3CC1CC(O)(C3)C2)c1c[nH]c2cccc(C#N)c12. The Hall–Kier alpha value is -2.32. The van der Waals surface area contributed by atoms with Gasteiger partial charge in [-0.2, -0.15) is 5.26 Å². The van der Waals surface area contributed by atoms with Gasteiger partial charge in [0.15, 0.2) is 0 Å². The molecule has 1 aromatic heterocycles. The third-order valence-corrected chi connectivity index (χ3v) is 7.05. The molecule has 5 nitrogen and oxygen atoms in total. The molecule has 2 aromatic rings. The first kappa shape index (κ1) is 16.8. The van der Waals surface area contributed by atoms with E-state index >= 15 is 0 Å². The predicted molar refractivity (Wildman–Crippen MR) is 102 cm³/mol. The van der Waals surface area contributed by atoms with Gasteiger partial charge in [-0.15, -0.1) is 0 Å². The molecule has 1 amide bonds. The number of benzene rings is 1. The number of aromatic amines is 1. The Bertz CT molecular complexity index is 940. The zero-order valence-electron chi connectivity index (χ0n) is 15.6. The highest BCUT2D eigenvalue weighted by atomic mass is 16.3. The number of nitriles is 1. The van der Waals surface area contributed by atoms with Crippen LogP contribution in [0.3, 0.4) is 0 Å². The van der Waals surface area contributed by atoms with Crippen molar-refractivity contribution in [3.63, 3.8) is 0 Å². The van der Waals surface area contributed by atoms with E-state index < -0.39 is 5.60 Å². The second kappa shape index (κ2) is 5.84. The van der Waals surface area contributed by atoms with Crippen molar-refractivity contribution in [2.75, 3.05) is 0 Å². The van der Waals surface area contributed by atoms with Gasteiger partial charge in [0.25, 0.3) is 0 Å². The molecule has 2 saturated heterocycles. The number of hydrogen-bond acceptors (Lipinski definition) is 3. The van der Waals surface area contributed by atoms with E-state index in [4.69, 9.17) is 0 Å². The van der Waals surface area contributed by atoms with E-state index in [1.807, 2.05) is 24.4 Å². The molecule has 2 saturated carbocycles. The highest BCUT2D eigenvalue weighted by Gasteiger charge is 2.54. The van der Waals surface area contributed by atoms with E-state index in [1.54, 1.807) is 0 Å². The first-order valence-corrected chi connectivity index (χ1v) is 10.0. The largest absolute Gasteiger partial charge is 0.390 e. The second-order valence-corrected chi connectivity index (χ2v) is 8.97. The Morgan fingerprint density at radius 2 is 2.11 bits per heavy atom. The molecular weight excluding hydrogens is 338 g/mol. The number of fused-ring (bicyclic) bond motifs is 1. The zero-order valence-corrected chi connectivity index (χ0v) is 15.6. The summed E-state index contributed by atoms with van der Waals surface area (Å²) in [4.78, 5) is 18.5. The van der Waals surface area contributed by atoms with Crippen molar-refractivity contribution in [2.45, 2.75) is 69.1 Å². The van der Waals surface area contributed by atoms with E-state index in [9.17, 15) is 15.2 Å². The lowest BCUT2D eigenvalue weighted by Crippen LogP contribution is -2.65. The lowest BCUT2D eigenvalue weighted by atomic mass is 9.61. The molecule has 6 rings (SSSR count). The third kappa shape index (κ3) is 2.58. The van der Waals surface area contributed by atoms with Crippen LogP contribution in [0.25, 0.3) is 10.9 Å². The Morgan fingerprint density at radius 1 is 1.37 bits per heavy atom. The fourth-order valence-corrected chi connectivity index (χ4v) is 6.16. The number of rotatable bonds is 3. The number of carbonyl (C=O) groups is 1. The Morgan fingerprint density at radius 3 is 2.78 bits per heavy atom. The number of nitrogens with zero attached hydrogens (tertiary/aromatic N) is 2. The molecule has 2 N–H and O–H groups in total. The average Bonchev–Trinajstić information content (AvgIpc) is 3.04. The molecule has 5 heteroatoms. The molecule has 0 radical (unpaired) electrons. The summed E-state index contributed by atoms with van der Waals surface area (Å²) >= 11 is 0. The lowest BCUT2D eigenvalue weighted by molar-refractivity contribution is -0.174. The van der Waals surface area contributed by atoms with Crippen molar-refractivity contribution in [1.29, 1.82) is 5.26 Å². The van der Waals surface area contributed by atoms with Crippen LogP contribution in [0, 0.1) is 17.2 Å². The zero-order chi connectivity index (χ0) is 18.8. The summed E-state index contributed by atoms with van der Waals surface area (Å²) in [6, 6.07) is 8.36. The molecule has 0 spiro atoms. The maximum atomic E-state index is 13.2. The highest BCUT2D eigenvalue weighted by Crippen LogP contribution is 2.51. The molecule has 4 fully saturated rings. The lowest BCUT2D eigenvalue weighted by Gasteiger charge is -2.59. The Balaban J connectivity index is 1.39. The van der Waals surface area contributed by atoms with Gasteiger partial charge in [0, 0.05) is 35.6 Å². The fourth-order valence-electron chi connectivity index (χ4n) is 6.16. The monoisotopic (exact) mass is 363 g/mol. The van der Waals surface area contributed by atoms with Crippen molar-refractivity contribution >= 4 is 16.8 Å². The third-order valence-electron chi connectivity index (χ3n) is 7.05. The van der Waals surface area contributed by atoms with Crippen LogP contribution in [0.4, 0.5) is 0 Å². The van der Waals surface area contributed by atoms with Gasteiger partial charge in [0.05, 0.1) is 17.2 Å². The summed E-state index contributed by atoms with van der Waals surface area (Å²) in [6.45, 7) is 2.07. The van der Waals surface area contributed by atoms with Crippen molar-refractivity contribution in [2.24, 2.45) is 5.92 Å². The standard InChI is InChI=1S/C22H25N3O2/c1-13(18-12-24-19-4-2-3-15(11-23)21(18)19)5-20(26)25-16-6-14-7-17(25)10-22(27,8-14)9-16/h2-4,12-14,16-17,24,27H,5-10H2,1H3. The maximum absolute atomic E-state index is 13.2. The van der Waals surface area contributed by atoms with Crippen molar-refractivity contribution < 1.29 is 9.90 Å². The summed E-state index contributed by atoms with van der Waals surface area (Å²) in [5.41, 5.74) is 2.11. The van der Waals surface area contributed by atoms with Crippen LogP contribution in [0.15, 0.2) is 24.4 Å². The molecule has 4 bridgehead atoms. The van der Waals surface area contributed by atoms with Crippen LogP contribution in [0.2, 0.25) is 0 Å². The summed E-state index contributed by atoms with van der Waals surface area (Å²) in [7, 11) is 0. The van der Waals surface area contributed by atoms with Crippen LogP contribution in [-0.4, -0.2) is 38.6 Å². The van der Waals surface area contributed by atoms with E-state index in [1.165, 1.54) is 0 Å². The minimum Gasteiger partial charge on any atom is -0.390 e. The topological polar surface area (TPSA) is 80.1 Å². The van der Waals surface area contributed by atoms with Crippen LogP contribution in [0.1, 0.15) is 62.5 Å². The van der Waals surface area contributed by atoms with Gasteiger partial charge in [0.1, 0.15) is 0 Å². The maximum Gasteiger partial charge on any atom is 0.223 e. The number of piperidine rings is 2. The van der Waals surface area contributed by atoms with Gasteiger partial charge in [-0.1, -0.05) is 13.0 Å². The first-order chi connectivity index (χ1) is 13.0. The number of carbonyl (C=O) groups excluding carboxylic acids is 1. The molecule has 3 heterocycles. The number of hydrogen-bond donors (Lipinski definition) is 2. The molecule has 2 aliphatic carbocycles.